The van der Waals surface area contributed by atoms with Crippen LogP contribution < -0.4 is 10.6 Å². The normalized spacial score (nSPS) is 42.0. The number of nitrogens with zero attached hydrogens (tertiary/aromatic N) is 1. The van der Waals surface area contributed by atoms with Crippen LogP contribution in [-0.2, 0) is 0 Å². The molecular formula is C10H19N3O4. The fourth-order valence-electron chi connectivity index (χ4n) is 2.69. The third-order valence-electron chi connectivity index (χ3n) is 3.61. The molecule has 7 heteroatoms. The van der Waals surface area contributed by atoms with Crippen molar-refractivity contribution in [2.75, 3.05) is 20.1 Å². The van der Waals surface area contributed by atoms with E-state index in [-0.39, 0.29) is 6.03 Å². The number of amides is 2. The Morgan fingerprint density at radius 3 is 2.65 bits per heavy atom. The molecule has 0 aromatic carbocycles. The summed E-state index contributed by atoms with van der Waals surface area (Å²) in [5, 5.41) is 34.6. The molecule has 2 aliphatic rings. The third-order valence-corrected chi connectivity index (χ3v) is 3.61. The highest BCUT2D eigenvalue weighted by Gasteiger charge is 2.48. The van der Waals surface area contributed by atoms with Gasteiger partial charge in [-0.25, -0.2) is 4.79 Å². The van der Waals surface area contributed by atoms with Crippen LogP contribution in [0, 0.1) is 0 Å². The van der Waals surface area contributed by atoms with Gasteiger partial charge in [0.2, 0.25) is 0 Å². The molecule has 0 aliphatic carbocycles. The van der Waals surface area contributed by atoms with Gasteiger partial charge in [-0.05, 0) is 6.42 Å². The molecule has 5 atom stereocenters. The van der Waals surface area contributed by atoms with Crippen molar-refractivity contribution >= 4 is 6.03 Å². The number of aliphatic hydroxyl groups is 3. The van der Waals surface area contributed by atoms with Gasteiger partial charge in [0.1, 0.15) is 6.10 Å². The van der Waals surface area contributed by atoms with Crippen molar-refractivity contribution in [1.29, 1.82) is 0 Å². The van der Waals surface area contributed by atoms with Crippen LogP contribution in [0.3, 0.4) is 0 Å². The Balaban J connectivity index is 2.05. The van der Waals surface area contributed by atoms with Crippen LogP contribution in [0.15, 0.2) is 0 Å². The van der Waals surface area contributed by atoms with Crippen LogP contribution in [0.5, 0.6) is 0 Å². The quantitative estimate of drug-likeness (QED) is 0.350. The van der Waals surface area contributed by atoms with Crippen molar-refractivity contribution in [3.05, 3.63) is 0 Å². The summed E-state index contributed by atoms with van der Waals surface area (Å²) in [6.45, 7) is 1.11. The first-order chi connectivity index (χ1) is 8.04. The minimum atomic E-state index is -1.05. The van der Waals surface area contributed by atoms with E-state index in [1.807, 2.05) is 4.90 Å². The number of urea groups is 1. The number of aliphatic hydroxyl groups excluding tert-OH is 3. The molecule has 17 heavy (non-hydrogen) atoms. The fraction of sp³-hybridized carbons (Fsp3) is 0.900. The van der Waals surface area contributed by atoms with Gasteiger partial charge in [0, 0.05) is 20.1 Å². The topological polar surface area (TPSA) is 105 Å². The van der Waals surface area contributed by atoms with Crippen molar-refractivity contribution in [1.82, 2.24) is 15.5 Å². The van der Waals surface area contributed by atoms with Gasteiger partial charge in [-0.3, -0.25) is 4.90 Å². The highest BCUT2D eigenvalue weighted by atomic mass is 16.3. The third kappa shape index (κ3) is 2.23. The standard InChI is InChI=1S/C10H19N3O4/c1-11-10(17)12-5-4-13-3-2-6(14)7(13)9(16)8(5)15/h5-9,14-16H,2-4H2,1H3,(H2,11,12,17)/t5-,6-,7?,8+,9+/m0/s1. The van der Waals surface area contributed by atoms with Gasteiger partial charge in [0.15, 0.2) is 0 Å². The second-order valence-corrected chi connectivity index (χ2v) is 4.65. The van der Waals surface area contributed by atoms with E-state index in [1.54, 1.807) is 0 Å². The largest absolute Gasteiger partial charge is 0.391 e. The fourth-order valence-corrected chi connectivity index (χ4v) is 2.69. The number of fused-ring (bicyclic) bond motifs is 1. The summed E-state index contributed by atoms with van der Waals surface area (Å²) in [6.07, 6.45) is -2.12. The van der Waals surface area contributed by atoms with Gasteiger partial charge in [-0.15, -0.1) is 0 Å². The molecule has 2 fully saturated rings. The molecule has 2 aliphatic heterocycles. The van der Waals surface area contributed by atoms with Crippen LogP contribution in [0.2, 0.25) is 0 Å². The van der Waals surface area contributed by atoms with Crippen LogP contribution in [0.1, 0.15) is 6.42 Å². The minimum Gasteiger partial charge on any atom is -0.391 e. The lowest BCUT2D eigenvalue weighted by atomic mass is 9.91. The van der Waals surface area contributed by atoms with Gasteiger partial charge in [0.05, 0.1) is 24.3 Å². The van der Waals surface area contributed by atoms with E-state index in [4.69, 9.17) is 0 Å². The first kappa shape index (κ1) is 12.6. The molecule has 98 valence electrons. The first-order valence-corrected chi connectivity index (χ1v) is 5.81. The lowest BCUT2D eigenvalue weighted by Crippen LogP contribution is -2.66. The van der Waals surface area contributed by atoms with Gasteiger partial charge < -0.3 is 26.0 Å². The maximum Gasteiger partial charge on any atom is 0.314 e. The van der Waals surface area contributed by atoms with Crippen LogP contribution in [0.4, 0.5) is 4.79 Å². The number of piperidine rings is 1. The maximum atomic E-state index is 11.2. The predicted octanol–water partition coefficient (Wildman–Crippen LogP) is -2.55. The Morgan fingerprint density at radius 2 is 2.00 bits per heavy atom. The summed E-state index contributed by atoms with van der Waals surface area (Å²) >= 11 is 0. The zero-order chi connectivity index (χ0) is 12.6. The summed E-state index contributed by atoms with van der Waals surface area (Å²) in [6, 6.07) is -1.33. The molecule has 5 N–H and O–H groups in total. The van der Waals surface area contributed by atoms with Crippen LogP contribution >= 0.6 is 0 Å². The molecule has 0 aromatic heterocycles. The van der Waals surface area contributed by atoms with E-state index in [0.29, 0.717) is 19.5 Å². The van der Waals surface area contributed by atoms with Gasteiger partial charge >= 0.3 is 6.03 Å². The number of rotatable bonds is 1. The average molecular weight is 245 g/mol. The summed E-state index contributed by atoms with van der Waals surface area (Å²) in [7, 11) is 1.49. The molecule has 0 saturated carbocycles. The van der Waals surface area contributed by atoms with Gasteiger partial charge in [-0.2, -0.15) is 0 Å². The molecule has 0 bridgehead atoms. The molecule has 0 aromatic rings. The molecule has 2 saturated heterocycles. The Kier molecular flexibility index (Phi) is 3.53. The molecule has 2 rings (SSSR count). The van der Waals surface area contributed by atoms with E-state index in [0.717, 1.165) is 0 Å². The number of hydrogen-bond acceptors (Lipinski definition) is 5. The second-order valence-electron chi connectivity index (χ2n) is 4.65. The van der Waals surface area contributed by atoms with Crippen molar-refractivity contribution < 1.29 is 20.1 Å². The first-order valence-electron chi connectivity index (χ1n) is 5.81. The SMILES string of the molecule is CNC(=O)N[C@H]1CN2CC[C@H](O)C2[C@@H](O)[C@@H]1O. The van der Waals surface area contributed by atoms with Crippen LogP contribution in [0.25, 0.3) is 0 Å². The minimum absolute atomic E-state index is 0.389. The molecule has 0 spiro atoms. The number of hydrogen-bond donors (Lipinski definition) is 5. The molecule has 2 amide bonds. The number of carbonyl (C=O) groups excluding carboxylic acids is 1. The molecular weight excluding hydrogens is 226 g/mol. The average Bonchev–Trinajstić information content (AvgIpc) is 2.67. The summed E-state index contributed by atoms with van der Waals surface area (Å²) in [5.41, 5.74) is 0. The lowest BCUT2D eigenvalue weighted by Gasteiger charge is -2.42. The van der Waals surface area contributed by atoms with Crippen molar-refractivity contribution in [3.63, 3.8) is 0 Å². The van der Waals surface area contributed by atoms with Crippen molar-refractivity contribution in [2.45, 2.75) is 36.8 Å². The Bertz CT molecular complexity index is 301. The van der Waals surface area contributed by atoms with Crippen molar-refractivity contribution in [3.8, 4) is 0 Å². The Labute approximate surface area is 99.4 Å². The zero-order valence-corrected chi connectivity index (χ0v) is 9.71. The highest BCUT2D eigenvalue weighted by molar-refractivity contribution is 5.73. The van der Waals surface area contributed by atoms with E-state index < -0.39 is 30.4 Å². The Morgan fingerprint density at radius 1 is 1.29 bits per heavy atom. The maximum absolute atomic E-state index is 11.2. The van der Waals surface area contributed by atoms with E-state index in [2.05, 4.69) is 10.6 Å². The zero-order valence-electron chi connectivity index (χ0n) is 9.71. The monoisotopic (exact) mass is 245 g/mol. The summed E-state index contributed by atoms with van der Waals surface area (Å²) < 4.78 is 0. The van der Waals surface area contributed by atoms with Gasteiger partial charge in [-0.1, -0.05) is 0 Å². The van der Waals surface area contributed by atoms with E-state index >= 15 is 0 Å². The molecule has 2 heterocycles. The smallest absolute Gasteiger partial charge is 0.314 e. The molecule has 7 nitrogen and oxygen atoms in total. The summed E-state index contributed by atoms with van der Waals surface area (Å²) in [5.74, 6) is 0. The predicted molar refractivity (Wildman–Crippen MR) is 59.4 cm³/mol. The van der Waals surface area contributed by atoms with E-state index in [1.165, 1.54) is 7.05 Å². The van der Waals surface area contributed by atoms with Crippen molar-refractivity contribution in [2.24, 2.45) is 0 Å². The van der Waals surface area contributed by atoms with E-state index in [9.17, 15) is 20.1 Å². The number of carbonyl (C=O) groups is 1. The molecule has 0 radical (unpaired) electrons. The van der Waals surface area contributed by atoms with Crippen LogP contribution in [-0.4, -0.2) is 76.8 Å². The second kappa shape index (κ2) is 4.77. The Hall–Kier alpha value is -0.890. The summed E-state index contributed by atoms with van der Waals surface area (Å²) in [4.78, 5) is 13.1. The highest BCUT2D eigenvalue weighted by Crippen LogP contribution is 2.28. The molecule has 1 unspecified atom stereocenters. The number of nitrogens with one attached hydrogen (secondary N) is 2. The lowest BCUT2D eigenvalue weighted by molar-refractivity contribution is -0.0992. The van der Waals surface area contributed by atoms with Gasteiger partial charge in [0.25, 0.3) is 0 Å².